The summed E-state index contributed by atoms with van der Waals surface area (Å²) in [4.78, 5) is 1.67. The zero-order chi connectivity index (χ0) is 11.7. The molecule has 0 saturated heterocycles. The molecule has 0 fully saturated rings. The molecule has 0 spiro atoms. The molecule has 0 aromatic heterocycles. The van der Waals surface area contributed by atoms with E-state index in [0.717, 1.165) is 12.8 Å². The van der Waals surface area contributed by atoms with Crippen molar-refractivity contribution < 1.29 is 15.3 Å². The molecule has 0 radical (unpaired) electrons. The minimum absolute atomic E-state index is 0. The van der Waals surface area contributed by atoms with E-state index in [1.165, 1.54) is 0 Å². The van der Waals surface area contributed by atoms with Crippen LogP contribution in [0.15, 0.2) is 0 Å². The van der Waals surface area contributed by atoms with Crippen molar-refractivity contribution in [3.8, 4) is 0 Å². The van der Waals surface area contributed by atoms with E-state index in [9.17, 15) is 10.2 Å². The van der Waals surface area contributed by atoms with Crippen molar-refractivity contribution in [3.63, 3.8) is 0 Å². The summed E-state index contributed by atoms with van der Waals surface area (Å²) in [6, 6.07) is 0. The van der Waals surface area contributed by atoms with E-state index in [-0.39, 0.29) is 19.0 Å². The number of aliphatic hydroxyl groups excluding tert-OH is 3. The van der Waals surface area contributed by atoms with Gasteiger partial charge in [0.05, 0.1) is 0 Å². The lowest BCUT2D eigenvalue weighted by Gasteiger charge is -2.32. The fourth-order valence-corrected chi connectivity index (χ4v) is 1.60. The van der Waals surface area contributed by atoms with Crippen LogP contribution < -0.4 is 0 Å². The molecule has 0 amide bonds. The van der Waals surface area contributed by atoms with Crippen LogP contribution >= 0.6 is 12.4 Å². The molecular formula is C11H26ClNO3. The van der Waals surface area contributed by atoms with Crippen molar-refractivity contribution in [2.75, 3.05) is 13.2 Å². The van der Waals surface area contributed by atoms with E-state index in [1.807, 2.05) is 13.8 Å². The zero-order valence-corrected chi connectivity index (χ0v) is 11.1. The third-order valence-electron chi connectivity index (χ3n) is 2.43. The molecule has 2 atom stereocenters. The molecule has 16 heavy (non-hydrogen) atoms. The summed E-state index contributed by atoms with van der Waals surface area (Å²) in [6.45, 7) is 4.63. The lowest BCUT2D eigenvalue weighted by molar-refractivity contribution is -0.109. The third-order valence-corrected chi connectivity index (χ3v) is 2.43. The van der Waals surface area contributed by atoms with E-state index in [2.05, 4.69) is 0 Å². The first-order chi connectivity index (χ1) is 7.17. The van der Waals surface area contributed by atoms with Crippen LogP contribution in [0.25, 0.3) is 0 Å². The van der Waals surface area contributed by atoms with Crippen molar-refractivity contribution in [1.82, 2.24) is 4.90 Å². The zero-order valence-electron chi connectivity index (χ0n) is 10.3. The average Bonchev–Trinajstić information content (AvgIpc) is 2.19. The Balaban J connectivity index is 0. The van der Waals surface area contributed by atoms with E-state index < -0.39 is 12.5 Å². The molecule has 0 aliphatic rings. The molecule has 0 rings (SSSR count). The maximum absolute atomic E-state index is 9.82. The molecule has 3 N–H and O–H groups in total. The monoisotopic (exact) mass is 255 g/mol. The Morgan fingerprint density at radius 3 is 1.75 bits per heavy atom. The fraction of sp³-hybridized carbons (Fsp3) is 1.00. The first-order valence-electron chi connectivity index (χ1n) is 5.90. The molecule has 0 aliphatic heterocycles. The van der Waals surface area contributed by atoms with Crippen molar-refractivity contribution >= 4 is 12.4 Å². The average molecular weight is 256 g/mol. The largest absolute Gasteiger partial charge is 0.396 e. The van der Waals surface area contributed by atoms with E-state index in [1.54, 1.807) is 4.90 Å². The number of nitrogens with zero attached hydrogens (tertiary/aromatic N) is 1. The Hall–Kier alpha value is 0.130. The molecule has 0 bridgehead atoms. The first kappa shape index (κ1) is 18.5. The number of hydrogen-bond acceptors (Lipinski definition) is 4. The third kappa shape index (κ3) is 7.41. The van der Waals surface area contributed by atoms with E-state index in [0.29, 0.717) is 25.8 Å². The molecule has 5 heteroatoms. The lowest BCUT2D eigenvalue weighted by atomic mass is 10.2. The Morgan fingerprint density at radius 2 is 1.44 bits per heavy atom. The summed E-state index contributed by atoms with van der Waals surface area (Å²) >= 11 is 0. The Labute approximate surface area is 105 Å². The normalized spacial score (nSPS) is 14.6. The number of rotatable bonds is 9. The van der Waals surface area contributed by atoms with Crippen molar-refractivity contribution in [1.29, 1.82) is 0 Å². The lowest BCUT2D eigenvalue weighted by Crippen LogP contribution is -2.44. The Kier molecular flexibility index (Phi) is 13.4. The van der Waals surface area contributed by atoms with Crippen LogP contribution in [-0.4, -0.2) is 45.8 Å². The van der Waals surface area contributed by atoms with Gasteiger partial charge >= 0.3 is 0 Å². The van der Waals surface area contributed by atoms with Gasteiger partial charge in [0.2, 0.25) is 0 Å². The number of halogens is 1. The topological polar surface area (TPSA) is 63.9 Å². The smallest absolute Gasteiger partial charge is 0.109 e. The number of aliphatic hydroxyl groups is 3. The highest BCUT2D eigenvalue weighted by Gasteiger charge is 2.21. The maximum Gasteiger partial charge on any atom is 0.109 e. The van der Waals surface area contributed by atoms with E-state index >= 15 is 0 Å². The van der Waals surface area contributed by atoms with Gasteiger partial charge in [0, 0.05) is 13.2 Å². The summed E-state index contributed by atoms with van der Waals surface area (Å²) in [6.07, 6.45) is 2.48. The molecular weight excluding hydrogens is 230 g/mol. The van der Waals surface area contributed by atoms with Gasteiger partial charge in [0.1, 0.15) is 12.5 Å². The quantitative estimate of drug-likeness (QED) is 0.544. The Morgan fingerprint density at radius 1 is 1.00 bits per heavy atom. The van der Waals surface area contributed by atoms with Gasteiger partial charge in [0.15, 0.2) is 0 Å². The molecule has 0 aromatic carbocycles. The van der Waals surface area contributed by atoms with Crippen LogP contribution in [0.2, 0.25) is 0 Å². The molecule has 100 valence electrons. The molecule has 0 aromatic rings. The van der Waals surface area contributed by atoms with Crippen LogP contribution in [-0.2, 0) is 0 Å². The highest BCUT2D eigenvalue weighted by Crippen LogP contribution is 2.11. The van der Waals surface area contributed by atoms with Crippen LogP contribution in [0.4, 0.5) is 0 Å². The summed E-state index contributed by atoms with van der Waals surface area (Å²) in [7, 11) is 0. The summed E-state index contributed by atoms with van der Waals surface area (Å²) in [5, 5.41) is 28.4. The predicted octanol–water partition coefficient (Wildman–Crippen LogP) is 1.33. The van der Waals surface area contributed by atoms with Gasteiger partial charge in [-0.25, -0.2) is 0 Å². The van der Waals surface area contributed by atoms with Crippen molar-refractivity contribution in [2.24, 2.45) is 0 Å². The second kappa shape index (κ2) is 11.6. The second-order valence-electron chi connectivity index (χ2n) is 3.85. The second-order valence-corrected chi connectivity index (χ2v) is 3.85. The molecule has 2 unspecified atom stereocenters. The highest BCUT2D eigenvalue weighted by atomic mass is 35.5. The number of hydrogen-bond donors (Lipinski definition) is 3. The van der Waals surface area contributed by atoms with Crippen molar-refractivity contribution in [2.45, 2.75) is 58.4 Å². The van der Waals surface area contributed by atoms with Gasteiger partial charge in [-0.1, -0.05) is 26.7 Å². The molecule has 4 nitrogen and oxygen atoms in total. The van der Waals surface area contributed by atoms with Crippen LogP contribution in [0, 0.1) is 0 Å². The van der Waals surface area contributed by atoms with Gasteiger partial charge in [0.25, 0.3) is 0 Å². The van der Waals surface area contributed by atoms with Gasteiger partial charge in [-0.05, 0) is 19.3 Å². The van der Waals surface area contributed by atoms with Crippen LogP contribution in [0.1, 0.15) is 46.0 Å². The van der Waals surface area contributed by atoms with Gasteiger partial charge < -0.3 is 15.3 Å². The highest BCUT2D eigenvalue weighted by molar-refractivity contribution is 5.85. The van der Waals surface area contributed by atoms with Gasteiger partial charge in [-0.3, -0.25) is 4.90 Å². The molecule has 0 heterocycles. The summed E-state index contributed by atoms with van der Waals surface area (Å²) in [5.74, 6) is 0. The minimum Gasteiger partial charge on any atom is -0.396 e. The fourth-order valence-electron chi connectivity index (χ4n) is 1.60. The standard InChI is InChI=1S/C11H25NO3.ClH/c1-3-6-10(14)12(8-5-9-13)11(15)7-4-2;/h10-11,13-15H,3-9H2,1-2H3;1H. The molecule has 0 saturated carbocycles. The van der Waals surface area contributed by atoms with E-state index in [4.69, 9.17) is 5.11 Å². The summed E-state index contributed by atoms with van der Waals surface area (Å²) in [5.41, 5.74) is 0. The van der Waals surface area contributed by atoms with Crippen molar-refractivity contribution in [3.05, 3.63) is 0 Å². The summed E-state index contributed by atoms with van der Waals surface area (Å²) < 4.78 is 0. The maximum atomic E-state index is 9.82. The SMILES string of the molecule is CCCC(O)N(CCCO)C(O)CCC.Cl. The van der Waals surface area contributed by atoms with Crippen LogP contribution in [0.3, 0.4) is 0 Å². The molecule has 0 aliphatic carbocycles. The van der Waals surface area contributed by atoms with Crippen LogP contribution in [0.5, 0.6) is 0 Å². The predicted molar refractivity (Wildman–Crippen MR) is 67.5 cm³/mol. The van der Waals surface area contributed by atoms with Gasteiger partial charge in [-0.15, -0.1) is 12.4 Å². The Bertz CT molecular complexity index is 137. The minimum atomic E-state index is -0.594. The first-order valence-corrected chi connectivity index (χ1v) is 5.90. The van der Waals surface area contributed by atoms with Gasteiger partial charge in [-0.2, -0.15) is 0 Å².